The van der Waals surface area contributed by atoms with E-state index in [4.69, 9.17) is 21.3 Å². The van der Waals surface area contributed by atoms with Gasteiger partial charge in [-0.2, -0.15) is 9.94 Å². The number of amides is 3. The molecule has 4 aliphatic heterocycles. The fourth-order valence-corrected chi connectivity index (χ4v) is 11.4. The van der Waals surface area contributed by atoms with Crippen LogP contribution in [0.5, 0.6) is 5.75 Å². The van der Waals surface area contributed by atoms with Crippen molar-refractivity contribution in [2.45, 2.75) is 84.4 Å². The van der Waals surface area contributed by atoms with Crippen molar-refractivity contribution in [2.75, 3.05) is 55.6 Å². The number of piperidine rings is 3. The van der Waals surface area contributed by atoms with E-state index in [0.29, 0.717) is 44.1 Å². The number of fused-ring (bicyclic) bond motifs is 1. The number of nitrogens with zero attached hydrogens (tertiary/aromatic N) is 8. The third-order valence-electron chi connectivity index (χ3n) is 14.4. The lowest BCUT2D eigenvalue weighted by Gasteiger charge is -2.63. The number of nitriles is 1. The van der Waals surface area contributed by atoms with Crippen LogP contribution in [0.2, 0.25) is 5.02 Å². The monoisotopic (exact) mass is 860 g/mol. The Bertz CT molecular complexity index is 2500. The van der Waals surface area contributed by atoms with E-state index in [2.05, 4.69) is 69.4 Å². The van der Waals surface area contributed by atoms with Crippen molar-refractivity contribution in [1.82, 2.24) is 35.5 Å². The molecule has 0 bridgehead atoms. The molecule has 4 aromatic rings. The molecule has 9 rings (SSSR count). The molecule has 1 atom stereocenters. The summed E-state index contributed by atoms with van der Waals surface area (Å²) in [6, 6.07) is 15.7. The Morgan fingerprint density at radius 2 is 1.69 bits per heavy atom. The van der Waals surface area contributed by atoms with Crippen molar-refractivity contribution in [3.05, 3.63) is 81.2 Å². The predicted molar refractivity (Wildman–Crippen MR) is 234 cm³/mol. The molecule has 0 radical (unpaired) electrons. The van der Waals surface area contributed by atoms with E-state index >= 15 is 0 Å². The predicted octanol–water partition coefficient (Wildman–Crippen LogP) is 5.12. The van der Waals surface area contributed by atoms with Crippen LogP contribution in [0.3, 0.4) is 0 Å². The van der Waals surface area contributed by atoms with Gasteiger partial charge in [-0.1, -0.05) is 44.5 Å². The molecule has 2 N–H and O–H groups in total. The number of benzene rings is 2. The number of rotatable bonds is 9. The van der Waals surface area contributed by atoms with Crippen LogP contribution in [0, 0.1) is 33.5 Å². The maximum Gasteiger partial charge on any atom is 0.278 e. The molecule has 2 aromatic carbocycles. The summed E-state index contributed by atoms with van der Waals surface area (Å²) in [7, 11) is 0. The van der Waals surface area contributed by atoms with E-state index < -0.39 is 11.9 Å². The molecule has 1 unspecified atom stereocenters. The summed E-state index contributed by atoms with van der Waals surface area (Å²) in [5, 5.41) is 23.8. The molecular weight excluding hydrogens is 808 g/mol. The number of likely N-dealkylation sites (tertiary alicyclic amines) is 1. The number of aromatic nitrogens is 4. The fraction of sp³-hybridized carbons (Fsp3) is 0.522. The van der Waals surface area contributed by atoms with E-state index in [1.54, 1.807) is 24.4 Å². The van der Waals surface area contributed by atoms with Crippen LogP contribution >= 0.6 is 11.6 Å². The van der Waals surface area contributed by atoms with Gasteiger partial charge in [0.2, 0.25) is 5.91 Å². The van der Waals surface area contributed by atoms with E-state index in [1.807, 2.05) is 30.3 Å². The first-order chi connectivity index (χ1) is 29.6. The molecule has 5 aliphatic rings. The summed E-state index contributed by atoms with van der Waals surface area (Å²) in [6.45, 7) is 15.4. The summed E-state index contributed by atoms with van der Waals surface area (Å²) >= 11 is 6.26. The van der Waals surface area contributed by atoms with Gasteiger partial charge in [0.25, 0.3) is 17.4 Å². The molecule has 1 aliphatic carbocycles. The third kappa shape index (κ3) is 7.65. The van der Waals surface area contributed by atoms with Gasteiger partial charge in [-0.15, -0.1) is 5.10 Å². The van der Waals surface area contributed by atoms with Gasteiger partial charge in [0.15, 0.2) is 0 Å². The Labute approximate surface area is 365 Å². The second kappa shape index (κ2) is 16.0. The zero-order chi connectivity index (χ0) is 43.6. The largest absolute Gasteiger partial charge is 0.489 e. The number of carbonyl (C=O) groups excluding carboxylic acids is 3. The summed E-state index contributed by atoms with van der Waals surface area (Å²) in [5.74, 6) is 1.09. The Morgan fingerprint density at radius 1 is 0.952 bits per heavy atom. The molecule has 15 nitrogen and oxygen atoms in total. The number of pyridine rings is 1. The summed E-state index contributed by atoms with van der Waals surface area (Å²) in [4.78, 5) is 63.0. The van der Waals surface area contributed by atoms with Crippen LogP contribution in [0.1, 0.15) is 88.2 Å². The van der Waals surface area contributed by atoms with Gasteiger partial charge < -0.3 is 24.8 Å². The van der Waals surface area contributed by atoms with Gasteiger partial charge in [-0.25, -0.2) is 4.98 Å². The molecule has 324 valence electrons. The highest BCUT2D eigenvalue weighted by molar-refractivity contribution is 6.31. The summed E-state index contributed by atoms with van der Waals surface area (Å²) in [6.07, 6.45) is 6.27. The summed E-state index contributed by atoms with van der Waals surface area (Å²) < 4.78 is 7.50. The van der Waals surface area contributed by atoms with E-state index in [0.717, 1.165) is 87.7 Å². The molecule has 62 heavy (non-hydrogen) atoms. The van der Waals surface area contributed by atoms with Crippen molar-refractivity contribution < 1.29 is 19.1 Å². The van der Waals surface area contributed by atoms with Gasteiger partial charge in [0, 0.05) is 87.1 Å². The highest BCUT2D eigenvalue weighted by atomic mass is 35.5. The van der Waals surface area contributed by atoms with Gasteiger partial charge >= 0.3 is 0 Å². The first-order valence-electron chi connectivity index (χ1n) is 21.7. The Kier molecular flexibility index (Phi) is 10.7. The van der Waals surface area contributed by atoms with Gasteiger partial charge in [0.1, 0.15) is 35.3 Å². The zero-order valence-electron chi connectivity index (χ0n) is 35.7. The van der Waals surface area contributed by atoms with Gasteiger partial charge in [-0.05, 0) is 85.9 Å². The molecule has 3 amide bonds. The SMILES string of the molecule is CC1(C)C(NC(=O)c2ccc(N3CCC4(CC3)CN(CC3CCN(c5ccc6nnn(C7CCC(=O)NC7=O)c(=O)c6c5)CC3)C4)nc2)C(C)(C)C1Oc1ccc(C#N)c(Cl)c1. The standard InChI is InChI=1S/C46H53ClN10O5/c1-44(2)42(45(3,4)43(44)62-32-8-5-29(23-48)34(47)22-32)51-39(59)30-6-11-37(49-24-30)56-19-15-46(16-20-56)26-54(27-46)25-28-13-17-55(18-14-28)31-7-9-35-33(21-31)41(61)57(53-52-35)36-10-12-38(58)50-40(36)60/h5-9,11,21-22,24,28,36,42-43H,10,12-20,25-27H2,1-4H3,(H,51,59)(H,50,58,60). The number of hydrogen-bond donors (Lipinski definition) is 2. The van der Waals surface area contributed by atoms with Gasteiger partial charge in [0.05, 0.1) is 21.5 Å². The van der Waals surface area contributed by atoms with E-state index in [9.17, 15) is 24.4 Å². The first-order valence-corrected chi connectivity index (χ1v) is 22.1. The highest BCUT2D eigenvalue weighted by Crippen LogP contribution is 2.55. The van der Waals surface area contributed by atoms with E-state index in [-0.39, 0.29) is 53.2 Å². The molecule has 2 aromatic heterocycles. The van der Waals surface area contributed by atoms with Crippen LogP contribution in [-0.4, -0.2) is 101 Å². The molecule has 6 heterocycles. The van der Waals surface area contributed by atoms with Crippen molar-refractivity contribution in [1.29, 1.82) is 5.26 Å². The summed E-state index contributed by atoms with van der Waals surface area (Å²) in [5.41, 5.74) is 1.63. The van der Waals surface area contributed by atoms with Crippen molar-refractivity contribution in [2.24, 2.45) is 22.2 Å². The quantitative estimate of drug-likeness (QED) is 0.213. The molecule has 4 saturated heterocycles. The van der Waals surface area contributed by atoms with Gasteiger partial charge in [-0.3, -0.25) is 24.5 Å². The molecule has 16 heteroatoms. The second-order valence-corrected chi connectivity index (χ2v) is 19.7. The zero-order valence-corrected chi connectivity index (χ0v) is 36.5. The van der Waals surface area contributed by atoms with Crippen molar-refractivity contribution in [3.8, 4) is 11.8 Å². The average molecular weight is 861 g/mol. The number of halogens is 1. The second-order valence-electron chi connectivity index (χ2n) is 19.3. The lowest BCUT2D eigenvalue weighted by molar-refractivity contribution is -0.164. The van der Waals surface area contributed by atoms with Crippen LogP contribution in [-0.2, 0) is 9.59 Å². The minimum Gasteiger partial charge on any atom is -0.489 e. The van der Waals surface area contributed by atoms with Crippen molar-refractivity contribution in [3.63, 3.8) is 0 Å². The number of anilines is 2. The fourth-order valence-electron chi connectivity index (χ4n) is 11.2. The Balaban J connectivity index is 0.723. The molecule has 1 spiro atoms. The third-order valence-corrected chi connectivity index (χ3v) is 14.7. The van der Waals surface area contributed by atoms with Crippen LogP contribution in [0.4, 0.5) is 11.5 Å². The number of hydrogen-bond acceptors (Lipinski definition) is 12. The number of imide groups is 1. The number of nitrogens with one attached hydrogen (secondary N) is 2. The topological polar surface area (TPSA) is 179 Å². The van der Waals surface area contributed by atoms with Crippen LogP contribution < -0.4 is 30.7 Å². The minimum atomic E-state index is -0.846. The lowest BCUT2D eigenvalue weighted by Crippen LogP contribution is -2.74. The Hall–Kier alpha value is -5.59. The number of ether oxygens (including phenoxy) is 1. The first kappa shape index (κ1) is 41.7. The smallest absolute Gasteiger partial charge is 0.278 e. The van der Waals surface area contributed by atoms with Crippen LogP contribution in [0.15, 0.2) is 59.5 Å². The maximum atomic E-state index is 13.5. The number of carbonyl (C=O) groups is 3. The average Bonchev–Trinajstić information content (AvgIpc) is 3.25. The lowest BCUT2D eigenvalue weighted by atomic mass is 9.49. The van der Waals surface area contributed by atoms with Crippen LogP contribution in [0.25, 0.3) is 10.9 Å². The normalized spacial score (nSPS) is 24.5. The van der Waals surface area contributed by atoms with E-state index in [1.165, 1.54) is 0 Å². The molecule has 5 fully saturated rings. The minimum absolute atomic E-state index is 0.139. The van der Waals surface area contributed by atoms with Crippen molar-refractivity contribution >= 4 is 51.7 Å². The molecule has 1 saturated carbocycles. The maximum absolute atomic E-state index is 13.5. The molecular formula is C46H53ClN10O5. The highest BCUT2D eigenvalue weighted by Gasteiger charge is 2.64. The Morgan fingerprint density at radius 3 is 2.35 bits per heavy atom.